The number of carboxylic acids is 1. The highest BCUT2D eigenvalue weighted by molar-refractivity contribution is 5.77. The van der Waals surface area contributed by atoms with E-state index in [1.165, 1.54) is 5.57 Å². The Balaban J connectivity index is 1.94. The molecular weight excluding hydrogens is 232 g/mol. The van der Waals surface area contributed by atoms with Gasteiger partial charge in [-0.3, -0.25) is 4.79 Å². The van der Waals surface area contributed by atoms with Crippen LogP contribution in [-0.4, -0.2) is 53.1 Å². The third-order valence-corrected chi connectivity index (χ3v) is 3.75. The van der Waals surface area contributed by atoms with E-state index in [0.29, 0.717) is 26.1 Å². The molecule has 0 unspecified atom stereocenters. The number of hydrogen-bond acceptors (Lipinski definition) is 2. The molecule has 0 saturated carbocycles. The topological polar surface area (TPSA) is 60.9 Å². The molecule has 5 heteroatoms. The molecule has 2 rings (SSSR count). The second kappa shape index (κ2) is 5.42. The monoisotopic (exact) mass is 252 g/mol. The lowest BCUT2D eigenvalue weighted by molar-refractivity contribution is -0.143. The quantitative estimate of drug-likeness (QED) is 0.720. The first-order valence-electron chi connectivity index (χ1n) is 6.50. The Morgan fingerprint density at radius 1 is 1.33 bits per heavy atom. The van der Waals surface area contributed by atoms with Crippen molar-refractivity contribution in [3.8, 4) is 0 Å². The van der Waals surface area contributed by atoms with E-state index in [-0.39, 0.29) is 6.03 Å². The normalized spacial score (nSPS) is 24.7. The average molecular weight is 252 g/mol. The minimum atomic E-state index is -0.790. The van der Waals surface area contributed by atoms with Crippen molar-refractivity contribution in [3.63, 3.8) is 0 Å². The van der Waals surface area contributed by atoms with Crippen LogP contribution in [0.5, 0.6) is 0 Å². The van der Waals surface area contributed by atoms with Crippen LogP contribution in [0, 0.1) is 5.92 Å². The lowest BCUT2D eigenvalue weighted by atomic mass is 9.98. The lowest BCUT2D eigenvalue weighted by Gasteiger charge is -2.36. The standard InChI is InChI=1S/C13H20N2O3/c1-10-4-7-14(8-5-10)13(18)15-6-2-3-11(9-15)12(16)17/h4,11H,2-3,5-9H2,1H3,(H,16,17)/t11-/m0/s1. The van der Waals surface area contributed by atoms with Crippen LogP contribution in [0.2, 0.25) is 0 Å². The first kappa shape index (κ1) is 12.9. The SMILES string of the molecule is CC1=CCN(C(=O)N2CCC[C@H](C(=O)O)C2)CC1. The summed E-state index contributed by atoms with van der Waals surface area (Å²) in [6, 6.07) is -0.00954. The van der Waals surface area contributed by atoms with E-state index in [9.17, 15) is 9.59 Å². The van der Waals surface area contributed by atoms with Gasteiger partial charge in [0.25, 0.3) is 0 Å². The zero-order valence-corrected chi connectivity index (χ0v) is 10.8. The van der Waals surface area contributed by atoms with E-state index < -0.39 is 11.9 Å². The number of carbonyl (C=O) groups excluding carboxylic acids is 1. The summed E-state index contributed by atoms with van der Waals surface area (Å²) in [5.74, 6) is -1.19. The van der Waals surface area contributed by atoms with Crippen molar-refractivity contribution in [1.82, 2.24) is 9.80 Å². The summed E-state index contributed by atoms with van der Waals surface area (Å²) in [7, 11) is 0. The number of rotatable bonds is 1. The number of hydrogen-bond donors (Lipinski definition) is 1. The number of carboxylic acid groups (broad SMARTS) is 1. The first-order chi connectivity index (χ1) is 8.58. The number of carbonyl (C=O) groups is 2. The molecule has 2 amide bonds. The average Bonchev–Trinajstić information content (AvgIpc) is 2.39. The number of likely N-dealkylation sites (tertiary alicyclic amines) is 1. The van der Waals surface area contributed by atoms with Gasteiger partial charge >= 0.3 is 12.0 Å². The molecule has 0 aliphatic carbocycles. The van der Waals surface area contributed by atoms with Crippen molar-refractivity contribution < 1.29 is 14.7 Å². The summed E-state index contributed by atoms with van der Waals surface area (Å²) >= 11 is 0. The van der Waals surface area contributed by atoms with E-state index in [2.05, 4.69) is 13.0 Å². The molecule has 18 heavy (non-hydrogen) atoms. The van der Waals surface area contributed by atoms with Gasteiger partial charge in [-0.15, -0.1) is 0 Å². The predicted octanol–water partition coefficient (Wildman–Crippen LogP) is 1.56. The second-order valence-corrected chi connectivity index (χ2v) is 5.15. The fraction of sp³-hybridized carbons (Fsp3) is 0.692. The molecule has 100 valence electrons. The summed E-state index contributed by atoms with van der Waals surface area (Å²) in [5, 5.41) is 9.02. The van der Waals surface area contributed by atoms with E-state index in [0.717, 1.165) is 19.4 Å². The highest BCUT2D eigenvalue weighted by atomic mass is 16.4. The Kier molecular flexibility index (Phi) is 3.89. The zero-order valence-electron chi connectivity index (χ0n) is 10.8. The molecule has 0 aromatic carbocycles. The summed E-state index contributed by atoms with van der Waals surface area (Å²) in [6.07, 6.45) is 4.45. The summed E-state index contributed by atoms with van der Waals surface area (Å²) in [6.45, 7) is 4.51. The summed E-state index contributed by atoms with van der Waals surface area (Å²) < 4.78 is 0. The van der Waals surface area contributed by atoms with Gasteiger partial charge in [0.2, 0.25) is 0 Å². The maximum absolute atomic E-state index is 12.3. The molecule has 0 bridgehead atoms. The van der Waals surface area contributed by atoms with Gasteiger partial charge in [-0.1, -0.05) is 11.6 Å². The summed E-state index contributed by atoms with van der Waals surface area (Å²) in [5.41, 5.74) is 1.32. The molecule has 0 aromatic heterocycles. The zero-order chi connectivity index (χ0) is 13.1. The highest BCUT2D eigenvalue weighted by Crippen LogP contribution is 2.19. The molecule has 0 radical (unpaired) electrons. The van der Waals surface area contributed by atoms with Gasteiger partial charge in [0.05, 0.1) is 5.92 Å². The molecule has 1 fully saturated rings. The molecule has 1 atom stereocenters. The van der Waals surface area contributed by atoms with Crippen molar-refractivity contribution in [2.24, 2.45) is 5.92 Å². The predicted molar refractivity (Wildman–Crippen MR) is 67.3 cm³/mol. The molecule has 0 aromatic rings. The van der Waals surface area contributed by atoms with Crippen LogP contribution < -0.4 is 0 Å². The van der Waals surface area contributed by atoms with Crippen LogP contribution in [0.1, 0.15) is 26.2 Å². The Morgan fingerprint density at radius 3 is 2.72 bits per heavy atom. The highest BCUT2D eigenvalue weighted by Gasteiger charge is 2.30. The molecule has 5 nitrogen and oxygen atoms in total. The molecule has 2 heterocycles. The largest absolute Gasteiger partial charge is 0.481 e. The maximum Gasteiger partial charge on any atom is 0.320 e. The van der Waals surface area contributed by atoms with Crippen molar-refractivity contribution in [2.45, 2.75) is 26.2 Å². The third-order valence-electron chi connectivity index (χ3n) is 3.75. The maximum atomic E-state index is 12.3. The van der Waals surface area contributed by atoms with E-state index >= 15 is 0 Å². The van der Waals surface area contributed by atoms with E-state index in [1.54, 1.807) is 9.80 Å². The second-order valence-electron chi connectivity index (χ2n) is 5.15. The minimum absolute atomic E-state index is 0.00954. The molecule has 0 spiro atoms. The molecular formula is C13H20N2O3. The number of piperidine rings is 1. The Labute approximate surface area is 107 Å². The third kappa shape index (κ3) is 2.83. The lowest BCUT2D eigenvalue weighted by Crippen LogP contribution is -2.49. The molecule has 1 N–H and O–H groups in total. The fourth-order valence-electron chi connectivity index (χ4n) is 2.50. The first-order valence-corrected chi connectivity index (χ1v) is 6.50. The van der Waals surface area contributed by atoms with Gasteiger partial charge in [0.15, 0.2) is 0 Å². The van der Waals surface area contributed by atoms with Crippen LogP contribution in [0.3, 0.4) is 0 Å². The van der Waals surface area contributed by atoms with Crippen LogP contribution in [0.25, 0.3) is 0 Å². The number of nitrogens with zero attached hydrogens (tertiary/aromatic N) is 2. The molecule has 2 aliphatic rings. The van der Waals surface area contributed by atoms with Crippen molar-refractivity contribution in [3.05, 3.63) is 11.6 Å². The number of amides is 2. The summed E-state index contributed by atoms with van der Waals surface area (Å²) in [4.78, 5) is 26.7. The van der Waals surface area contributed by atoms with Crippen molar-refractivity contribution >= 4 is 12.0 Å². The smallest absolute Gasteiger partial charge is 0.320 e. The number of urea groups is 1. The van der Waals surface area contributed by atoms with Crippen LogP contribution in [0.15, 0.2) is 11.6 Å². The minimum Gasteiger partial charge on any atom is -0.481 e. The van der Waals surface area contributed by atoms with Gasteiger partial charge in [-0.25, -0.2) is 4.79 Å². The van der Waals surface area contributed by atoms with Crippen LogP contribution in [0.4, 0.5) is 4.79 Å². The Bertz CT molecular complexity index is 378. The van der Waals surface area contributed by atoms with Gasteiger partial charge in [-0.05, 0) is 26.2 Å². The van der Waals surface area contributed by atoms with Crippen LogP contribution >= 0.6 is 0 Å². The number of aliphatic carboxylic acids is 1. The van der Waals surface area contributed by atoms with E-state index in [1.807, 2.05) is 0 Å². The van der Waals surface area contributed by atoms with Gasteiger partial charge in [0, 0.05) is 26.2 Å². The van der Waals surface area contributed by atoms with E-state index in [4.69, 9.17) is 5.11 Å². The van der Waals surface area contributed by atoms with Crippen molar-refractivity contribution in [1.29, 1.82) is 0 Å². The fourth-order valence-corrected chi connectivity index (χ4v) is 2.50. The molecule has 2 aliphatic heterocycles. The van der Waals surface area contributed by atoms with Gasteiger partial charge in [0.1, 0.15) is 0 Å². The van der Waals surface area contributed by atoms with Gasteiger partial charge < -0.3 is 14.9 Å². The Hall–Kier alpha value is -1.52. The van der Waals surface area contributed by atoms with Gasteiger partial charge in [-0.2, -0.15) is 0 Å². The van der Waals surface area contributed by atoms with Crippen molar-refractivity contribution in [2.75, 3.05) is 26.2 Å². The van der Waals surface area contributed by atoms with Crippen LogP contribution in [-0.2, 0) is 4.79 Å². The molecule has 1 saturated heterocycles. The Morgan fingerprint density at radius 2 is 2.11 bits per heavy atom.